The van der Waals surface area contributed by atoms with Gasteiger partial charge < -0.3 is 29.1 Å². The highest BCUT2D eigenvalue weighted by Crippen LogP contribution is 2.23. The summed E-state index contributed by atoms with van der Waals surface area (Å²) in [6.45, 7) is 4.70. The molecule has 27 heavy (non-hydrogen) atoms. The van der Waals surface area contributed by atoms with E-state index in [9.17, 15) is 19.7 Å². The smallest absolute Gasteiger partial charge is 0.407 e. The van der Waals surface area contributed by atoms with Gasteiger partial charge in [-0.05, 0) is 31.9 Å². The fourth-order valence-electron chi connectivity index (χ4n) is 1.86. The summed E-state index contributed by atoms with van der Waals surface area (Å²) < 4.78 is 20.3. The third kappa shape index (κ3) is 9.03. The van der Waals surface area contributed by atoms with Gasteiger partial charge in [-0.2, -0.15) is 11.8 Å². The van der Waals surface area contributed by atoms with E-state index in [2.05, 4.69) is 16.7 Å². The van der Waals surface area contributed by atoms with E-state index >= 15 is 0 Å². The molecule has 1 amide bonds. The Hall–Kier alpha value is -2.63. The number of esters is 1. The first-order chi connectivity index (χ1) is 12.8. The molecule has 0 radical (unpaired) electrons. The van der Waals surface area contributed by atoms with Crippen molar-refractivity contribution in [3.63, 3.8) is 0 Å². The molecule has 0 aromatic rings. The lowest BCUT2D eigenvalue weighted by Gasteiger charge is -2.17. The molecule has 11 nitrogen and oxygen atoms in total. The molecule has 0 spiro atoms. The van der Waals surface area contributed by atoms with Gasteiger partial charge in [0.2, 0.25) is 0 Å². The van der Waals surface area contributed by atoms with Crippen LogP contribution in [0.4, 0.5) is 4.79 Å². The lowest BCUT2D eigenvalue weighted by atomic mass is 10.2. The molecule has 0 aromatic heterocycles. The number of nitrogens with zero attached hydrogens (tertiary/aromatic N) is 1. The fraction of sp³-hybridized carbons (Fsp3) is 0.600. The molecule has 1 aliphatic rings. The average Bonchev–Trinajstić information content (AvgIpc) is 2.93. The summed E-state index contributed by atoms with van der Waals surface area (Å²) in [6, 6.07) is -0.911. The van der Waals surface area contributed by atoms with Gasteiger partial charge in [0.1, 0.15) is 11.8 Å². The van der Waals surface area contributed by atoms with Crippen LogP contribution in [-0.2, 0) is 28.6 Å². The van der Waals surface area contributed by atoms with Crippen molar-refractivity contribution in [1.29, 1.82) is 0 Å². The molecular formula is C15H22N2O9S. The fourth-order valence-corrected chi connectivity index (χ4v) is 2.33. The summed E-state index contributed by atoms with van der Waals surface area (Å²) in [5, 5.41) is 11.5. The maximum atomic E-state index is 12.2. The minimum atomic E-state index is -0.930. The number of rotatable bonds is 12. The first-order valence-corrected chi connectivity index (χ1v) is 9.33. The van der Waals surface area contributed by atoms with Crippen LogP contribution in [0.5, 0.6) is 0 Å². The van der Waals surface area contributed by atoms with Crippen LogP contribution in [0.25, 0.3) is 0 Å². The SMILES string of the molecule is C=C1OC(C)=C(COC(=O)C(CCSC)NC(=O)OCCCO[N+](=O)[O-])O1. The van der Waals surface area contributed by atoms with E-state index in [4.69, 9.17) is 18.9 Å². The van der Waals surface area contributed by atoms with Crippen LogP contribution in [-0.4, -0.2) is 55.0 Å². The molecule has 0 bridgehead atoms. The number of amides is 1. The highest BCUT2D eigenvalue weighted by Gasteiger charge is 2.25. The molecule has 1 rings (SSSR count). The standard InChI is InChI=1S/C15H22N2O9S/c1-10-13(26-11(2)25-10)9-23-14(18)12(5-8-27-3)16-15(19)22-6-4-7-24-17(20)21/h12H,2,4-9H2,1,3H3,(H,16,19). The van der Waals surface area contributed by atoms with Gasteiger partial charge in [-0.3, -0.25) is 0 Å². The molecule has 152 valence electrons. The van der Waals surface area contributed by atoms with Crippen LogP contribution in [0.1, 0.15) is 19.8 Å². The van der Waals surface area contributed by atoms with Crippen molar-refractivity contribution in [2.45, 2.75) is 25.8 Å². The molecular weight excluding hydrogens is 384 g/mol. The Bertz CT molecular complexity index is 594. The van der Waals surface area contributed by atoms with Crippen LogP contribution in [0.2, 0.25) is 0 Å². The second-order valence-corrected chi connectivity index (χ2v) is 6.17. The molecule has 1 heterocycles. The molecule has 0 saturated carbocycles. The summed E-state index contributed by atoms with van der Waals surface area (Å²) in [5.41, 5.74) is 0. The van der Waals surface area contributed by atoms with E-state index in [-0.39, 0.29) is 32.2 Å². The van der Waals surface area contributed by atoms with Crippen LogP contribution in [0, 0.1) is 10.1 Å². The van der Waals surface area contributed by atoms with Gasteiger partial charge in [0.25, 0.3) is 11.0 Å². The van der Waals surface area contributed by atoms with Crippen molar-refractivity contribution in [2.24, 2.45) is 0 Å². The zero-order valence-corrected chi connectivity index (χ0v) is 15.9. The minimum Gasteiger partial charge on any atom is -0.456 e. The summed E-state index contributed by atoms with van der Waals surface area (Å²) >= 11 is 1.50. The topological polar surface area (TPSA) is 135 Å². The van der Waals surface area contributed by atoms with Crippen LogP contribution in [0.3, 0.4) is 0 Å². The second-order valence-electron chi connectivity index (χ2n) is 5.19. The number of carbonyl (C=O) groups excluding carboxylic acids is 2. The number of nitrogens with one attached hydrogen (secondary N) is 1. The lowest BCUT2D eigenvalue weighted by Crippen LogP contribution is -2.42. The first-order valence-electron chi connectivity index (χ1n) is 7.94. The molecule has 0 fully saturated rings. The van der Waals surface area contributed by atoms with Gasteiger partial charge in [-0.15, -0.1) is 10.1 Å². The van der Waals surface area contributed by atoms with Crippen molar-refractivity contribution in [3.8, 4) is 0 Å². The minimum absolute atomic E-state index is 0.0939. The van der Waals surface area contributed by atoms with Crippen molar-refractivity contribution in [3.05, 3.63) is 34.2 Å². The van der Waals surface area contributed by atoms with Crippen molar-refractivity contribution < 1.29 is 38.5 Å². The van der Waals surface area contributed by atoms with Gasteiger partial charge in [0.15, 0.2) is 12.4 Å². The van der Waals surface area contributed by atoms with E-state index in [1.54, 1.807) is 6.92 Å². The Morgan fingerprint density at radius 1 is 1.33 bits per heavy atom. The second kappa shape index (κ2) is 11.9. The number of hydrogen-bond donors (Lipinski definition) is 1. The number of carbonyl (C=O) groups is 2. The first kappa shape index (κ1) is 22.4. The number of allylic oxidation sites excluding steroid dienone is 1. The van der Waals surface area contributed by atoms with E-state index in [0.717, 1.165) is 0 Å². The number of hydrogen-bond acceptors (Lipinski definition) is 10. The third-order valence-corrected chi connectivity index (χ3v) is 3.79. The van der Waals surface area contributed by atoms with E-state index in [1.165, 1.54) is 11.8 Å². The van der Waals surface area contributed by atoms with Gasteiger partial charge in [0.05, 0.1) is 13.2 Å². The molecule has 1 aliphatic heterocycles. The molecule has 1 atom stereocenters. The zero-order chi connectivity index (χ0) is 20.2. The molecule has 0 aliphatic carbocycles. The predicted molar refractivity (Wildman–Crippen MR) is 93.8 cm³/mol. The Balaban J connectivity index is 2.42. The quantitative estimate of drug-likeness (QED) is 0.221. The monoisotopic (exact) mass is 406 g/mol. The molecule has 1 unspecified atom stereocenters. The van der Waals surface area contributed by atoms with Gasteiger partial charge in [0, 0.05) is 6.42 Å². The highest BCUT2D eigenvalue weighted by atomic mass is 32.2. The third-order valence-electron chi connectivity index (χ3n) is 3.15. The summed E-state index contributed by atoms with van der Waals surface area (Å²) in [5.74, 6) is 0.817. The van der Waals surface area contributed by atoms with E-state index in [0.29, 0.717) is 23.7 Å². The van der Waals surface area contributed by atoms with Crippen molar-refractivity contribution in [1.82, 2.24) is 5.32 Å². The molecule has 1 N–H and O–H groups in total. The zero-order valence-electron chi connectivity index (χ0n) is 15.1. The van der Waals surface area contributed by atoms with Crippen LogP contribution >= 0.6 is 11.8 Å². The van der Waals surface area contributed by atoms with Gasteiger partial charge in [-0.25, -0.2) is 9.59 Å². The van der Waals surface area contributed by atoms with Gasteiger partial charge >= 0.3 is 12.1 Å². The number of ether oxygens (including phenoxy) is 4. The average molecular weight is 406 g/mol. The number of thioether (sulfide) groups is 1. The van der Waals surface area contributed by atoms with E-state index in [1.807, 2.05) is 6.26 Å². The Morgan fingerprint density at radius 3 is 2.67 bits per heavy atom. The Kier molecular flexibility index (Phi) is 9.86. The predicted octanol–water partition coefficient (Wildman–Crippen LogP) is 1.73. The summed E-state index contributed by atoms with van der Waals surface area (Å²) in [7, 11) is 0. The largest absolute Gasteiger partial charge is 0.456 e. The maximum absolute atomic E-state index is 12.2. The summed E-state index contributed by atoms with van der Waals surface area (Å²) in [4.78, 5) is 38.1. The van der Waals surface area contributed by atoms with E-state index < -0.39 is 23.2 Å². The molecule has 0 aromatic carbocycles. The van der Waals surface area contributed by atoms with Crippen LogP contribution in [0.15, 0.2) is 24.0 Å². The van der Waals surface area contributed by atoms with Crippen LogP contribution < -0.4 is 5.32 Å². The van der Waals surface area contributed by atoms with Crippen molar-refractivity contribution >= 4 is 23.8 Å². The Morgan fingerprint density at radius 2 is 2.07 bits per heavy atom. The Labute approximate surface area is 160 Å². The van der Waals surface area contributed by atoms with Crippen molar-refractivity contribution in [2.75, 3.05) is 31.8 Å². The summed E-state index contributed by atoms with van der Waals surface area (Å²) in [6.07, 6.45) is 1.51. The number of alkyl carbamates (subject to hydrolysis) is 1. The lowest BCUT2D eigenvalue weighted by molar-refractivity contribution is -0.757. The maximum Gasteiger partial charge on any atom is 0.407 e. The normalized spacial score (nSPS) is 14.1. The van der Waals surface area contributed by atoms with Gasteiger partial charge in [-0.1, -0.05) is 0 Å². The highest BCUT2D eigenvalue weighted by molar-refractivity contribution is 7.98. The molecule has 0 saturated heterocycles. The molecule has 12 heteroatoms.